The summed E-state index contributed by atoms with van der Waals surface area (Å²) < 4.78 is 7.25. The van der Waals surface area contributed by atoms with Gasteiger partial charge in [0.15, 0.2) is 0 Å². The zero-order valence-corrected chi connectivity index (χ0v) is 14.0. The van der Waals surface area contributed by atoms with Gasteiger partial charge in [-0.2, -0.15) is 0 Å². The molecule has 0 aliphatic carbocycles. The van der Waals surface area contributed by atoms with Gasteiger partial charge in [-0.05, 0) is 44.4 Å². The Morgan fingerprint density at radius 3 is 2.83 bits per heavy atom. The topological polar surface area (TPSA) is 86.1 Å². The Bertz CT molecular complexity index is 795. The maximum Gasteiger partial charge on any atom is 0.355 e. The van der Waals surface area contributed by atoms with Crippen LogP contribution in [0.25, 0.3) is 11.4 Å². The van der Waals surface area contributed by atoms with Crippen molar-refractivity contribution in [2.24, 2.45) is 0 Å². The predicted molar refractivity (Wildman–Crippen MR) is 88.6 cm³/mol. The van der Waals surface area contributed by atoms with Crippen molar-refractivity contribution in [3.05, 3.63) is 29.6 Å². The highest BCUT2D eigenvalue weighted by Crippen LogP contribution is 2.29. The minimum Gasteiger partial charge on any atom is -0.458 e. The molecule has 3 heterocycles. The summed E-state index contributed by atoms with van der Waals surface area (Å²) in [6.45, 7) is 5.77. The number of aryl methyl sites for hydroxylation is 1. The summed E-state index contributed by atoms with van der Waals surface area (Å²) in [5.41, 5.74) is 3.11. The lowest BCUT2D eigenvalue weighted by Gasteiger charge is -2.12. The van der Waals surface area contributed by atoms with Crippen molar-refractivity contribution in [2.45, 2.75) is 46.3 Å². The molecule has 0 radical (unpaired) electrons. The first-order chi connectivity index (χ1) is 11.5. The molecule has 3 rings (SSSR count). The van der Waals surface area contributed by atoms with Crippen molar-refractivity contribution in [1.82, 2.24) is 14.5 Å². The van der Waals surface area contributed by atoms with Crippen LogP contribution in [0.5, 0.6) is 0 Å². The molecule has 0 saturated heterocycles. The maximum atomic E-state index is 12.3. The maximum absolute atomic E-state index is 12.3. The minimum absolute atomic E-state index is 0.171. The molecule has 1 aliphatic heterocycles. The van der Waals surface area contributed by atoms with Gasteiger partial charge in [0, 0.05) is 19.7 Å². The van der Waals surface area contributed by atoms with E-state index in [0.29, 0.717) is 12.2 Å². The van der Waals surface area contributed by atoms with E-state index in [1.54, 1.807) is 12.3 Å². The van der Waals surface area contributed by atoms with Crippen molar-refractivity contribution in [1.29, 1.82) is 0 Å². The molecule has 0 aromatic carbocycles. The summed E-state index contributed by atoms with van der Waals surface area (Å²) in [6, 6.07) is 3.63. The van der Waals surface area contributed by atoms with Gasteiger partial charge in [-0.25, -0.2) is 14.8 Å². The first kappa shape index (κ1) is 16.2. The number of anilines is 1. The van der Waals surface area contributed by atoms with Crippen LogP contribution in [0.3, 0.4) is 0 Å². The smallest absolute Gasteiger partial charge is 0.355 e. The Labute approximate surface area is 140 Å². The number of nitrogens with zero attached hydrogens (tertiary/aromatic N) is 3. The van der Waals surface area contributed by atoms with Gasteiger partial charge in [-0.3, -0.25) is 10.1 Å². The van der Waals surface area contributed by atoms with E-state index >= 15 is 0 Å². The summed E-state index contributed by atoms with van der Waals surface area (Å²) in [7, 11) is 0. The fraction of sp³-hybridized carbons (Fsp3) is 0.412. The number of carbonyl (C=O) groups excluding carboxylic acids is 2. The van der Waals surface area contributed by atoms with Gasteiger partial charge in [0.25, 0.3) is 0 Å². The molecule has 126 valence electrons. The summed E-state index contributed by atoms with van der Waals surface area (Å²) in [4.78, 5) is 32.2. The van der Waals surface area contributed by atoms with Crippen LogP contribution in [0.4, 0.5) is 5.95 Å². The fourth-order valence-electron chi connectivity index (χ4n) is 2.82. The molecule has 7 nitrogen and oxygen atoms in total. The van der Waals surface area contributed by atoms with Crippen LogP contribution in [-0.2, 0) is 22.5 Å². The fourth-order valence-corrected chi connectivity index (χ4v) is 2.82. The van der Waals surface area contributed by atoms with Crippen molar-refractivity contribution in [3.8, 4) is 11.4 Å². The zero-order chi connectivity index (χ0) is 17.3. The predicted octanol–water partition coefficient (Wildman–Crippen LogP) is 2.41. The number of fused-ring (bicyclic) bond motifs is 3. The average Bonchev–Trinajstić information content (AvgIpc) is 2.83. The van der Waals surface area contributed by atoms with Gasteiger partial charge < -0.3 is 9.30 Å². The summed E-state index contributed by atoms with van der Waals surface area (Å²) in [6.07, 6.45) is 3.26. The summed E-state index contributed by atoms with van der Waals surface area (Å²) in [5, 5.41) is 2.60. The van der Waals surface area contributed by atoms with E-state index in [-0.39, 0.29) is 23.9 Å². The van der Waals surface area contributed by atoms with Crippen LogP contribution in [-0.4, -0.2) is 32.5 Å². The third kappa shape index (κ3) is 3.15. The summed E-state index contributed by atoms with van der Waals surface area (Å²) >= 11 is 0. The third-order valence-electron chi connectivity index (χ3n) is 3.76. The standard InChI is InChI=1S/C17H20N4O3/c1-10(2)24-16(23)14-7-6-13-15-12(5-4-8-21(13)14)9-18-17(20-15)19-11(3)22/h6-7,9-10H,4-5,8H2,1-3H3,(H,18,19,20,22). The third-order valence-corrected chi connectivity index (χ3v) is 3.76. The second kappa shape index (κ2) is 6.43. The van der Waals surface area contributed by atoms with Crippen molar-refractivity contribution < 1.29 is 14.3 Å². The highest BCUT2D eigenvalue weighted by molar-refractivity contribution is 5.90. The number of carbonyl (C=O) groups is 2. The molecular weight excluding hydrogens is 308 g/mol. The van der Waals surface area contributed by atoms with Crippen LogP contribution in [0, 0.1) is 0 Å². The Morgan fingerprint density at radius 1 is 1.33 bits per heavy atom. The highest BCUT2D eigenvalue weighted by Gasteiger charge is 2.23. The van der Waals surface area contributed by atoms with E-state index in [9.17, 15) is 9.59 Å². The van der Waals surface area contributed by atoms with Gasteiger partial charge in [-0.15, -0.1) is 0 Å². The summed E-state index contributed by atoms with van der Waals surface area (Å²) in [5.74, 6) is -0.293. The van der Waals surface area contributed by atoms with E-state index < -0.39 is 0 Å². The molecule has 0 atom stereocenters. The molecule has 1 aliphatic rings. The number of rotatable bonds is 3. The van der Waals surface area contributed by atoms with E-state index in [2.05, 4.69) is 15.3 Å². The molecule has 0 spiro atoms. The number of aromatic nitrogens is 3. The van der Waals surface area contributed by atoms with Crippen molar-refractivity contribution >= 4 is 17.8 Å². The van der Waals surface area contributed by atoms with E-state index in [1.807, 2.05) is 24.5 Å². The Kier molecular flexibility index (Phi) is 4.33. The molecule has 0 bridgehead atoms. The average molecular weight is 328 g/mol. The van der Waals surface area contributed by atoms with Crippen LogP contribution in [0.2, 0.25) is 0 Å². The van der Waals surface area contributed by atoms with Gasteiger partial charge in [0.2, 0.25) is 11.9 Å². The lowest BCUT2D eigenvalue weighted by molar-refractivity contribution is -0.114. The number of amides is 1. The SMILES string of the molecule is CC(=O)Nc1ncc2c(n1)-c1ccc(C(=O)OC(C)C)n1CCC2. The van der Waals surface area contributed by atoms with Crippen molar-refractivity contribution in [2.75, 3.05) is 5.32 Å². The van der Waals surface area contributed by atoms with Crippen LogP contribution in [0.15, 0.2) is 18.3 Å². The Balaban J connectivity index is 2.03. The molecule has 1 N–H and O–H groups in total. The molecule has 24 heavy (non-hydrogen) atoms. The first-order valence-electron chi connectivity index (χ1n) is 8.00. The monoisotopic (exact) mass is 328 g/mol. The van der Waals surface area contributed by atoms with Gasteiger partial charge in [0.05, 0.1) is 17.5 Å². The Hall–Kier alpha value is -2.70. The van der Waals surface area contributed by atoms with Gasteiger partial charge in [-0.1, -0.05) is 0 Å². The second-order valence-corrected chi connectivity index (χ2v) is 6.06. The molecule has 7 heteroatoms. The number of hydrogen-bond acceptors (Lipinski definition) is 5. The largest absolute Gasteiger partial charge is 0.458 e. The zero-order valence-electron chi connectivity index (χ0n) is 14.0. The number of esters is 1. The molecule has 2 aromatic rings. The first-order valence-corrected chi connectivity index (χ1v) is 8.00. The van der Waals surface area contributed by atoms with Crippen LogP contribution < -0.4 is 5.32 Å². The van der Waals surface area contributed by atoms with E-state index in [1.165, 1.54) is 6.92 Å². The number of ether oxygens (including phenoxy) is 1. The number of hydrogen-bond donors (Lipinski definition) is 1. The Morgan fingerprint density at radius 2 is 2.12 bits per heavy atom. The molecule has 0 fully saturated rings. The lowest BCUT2D eigenvalue weighted by Crippen LogP contribution is -2.16. The van der Waals surface area contributed by atoms with Crippen LogP contribution >= 0.6 is 0 Å². The van der Waals surface area contributed by atoms with E-state index in [4.69, 9.17) is 4.74 Å². The molecule has 0 saturated carbocycles. The lowest BCUT2D eigenvalue weighted by atomic mass is 10.1. The molecule has 1 amide bonds. The molecular formula is C17H20N4O3. The van der Waals surface area contributed by atoms with Gasteiger partial charge in [0.1, 0.15) is 5.69 Å². The second-order valence-electron chi connectivity index (χ2n) is 6.06. The van der Waals surface area contributed by atoms with Crippen LogP contribution in [0.1, 0.15) is 43.2 Å². The highest BCUT2D eigenvalue weighted by atomic mass is 16.5. The molecule has 2 aromatic heterocycles. The van der Waals surface area contributed by atoms with E-state index in [0.717, 1.165) is 29.8 Å². The quantitative estimate of drug-likeness (QED) is 0.875. The number of nitrogens with one attached hydrogen (secondary N) is 1. The van der Waals surface area contributed by atoms with Gasteiger partial charge >= 0.3 is 5.97 Å². The normalized spacial score (nSPS) is 13.0. The molecule has 0 unspecified atom stereocenters. The minimum atomic E-state index is -0.337. The van der Waals surface area contributed by atoms with Crippen molar-refractivity contribution in [3.63, 3.8) is 0 Å².